The van der Waals surface area contributed by atoms with Gasteiger partial charge in [-0.1, -0.05) is 66.7 Å². The lowest BCUT2D eigenvalue weighted by atomic mass is 9.35. The Bertz CT molecular complexity index is 1670. The van der Waals surface area contributed by atoms with Gasteiger partial charge in [-0.3, -0.25) is 0 Å². The highest BCUT2D eigenvalue weighted by molar-refractivity contribution is 6.98. The third-order valence-corrected chi connectivity index (χ3v) is 8.86. The molecule has 0 saturated carbocycles. The zero-order valence-corrected chi connectivity index (χ0v) is 20.4. The summed E-state index contributed by atoms with van der Waals surface area (Å²) in [6.07, 6.45) is 4.70. The van der Waals surface area contributed by atoms with Crippen molar-refractivity contribution in [2.24, 2.45) is 0 Å². The first-order chi connectivity index (χ1) is 18.3. The Balaban J connectivity index is 1.20. The first kappa shape index (κ1) is 19.9. The van der Waals surface area contributed by atoms with E-state index in [2.05, 4.69) is 84.9 Å². The molecule has 0 amide bonds. The van der Waals surface area contributed by atoms with Crippen molar-refractivity contribution in [3.63, 3.8) is 0 Å². The molecule has 5 aromatic carbocycles. The van der Waals surface area contributed by atoms with Crippen LogP contribution in [0.1, 0.15) is 22.3 Å². The summed E-state index contributed by atoms with van der Waals surface area (Å²) in [5, 5.41) is 0. The van der Waals surface area contributed by atoms with Crippen LogP contribution >= 0.6 is 0 Å². The average molecular weight is 474 g/mol. The maximum absolute atomic E-state index is 6.54. The topological polar surface area (TPSA) is 18.5 Å². The summed E-state index contributed by atoms with van der Waals surface area (Å²) in [4.78, 5) is 0. The number of benzene rings is 5. The molecule has 3 heteroatoms. The monoisotopic (exact) mass is 474 g/mol. The minimum absolute atomic E-state index is 0.0965. The van der Waals surface area contributed by atoms with Gasteiger partial charge in [0.15, 0.2) is 0 Å². The Morgan fingerprint density at radius 3 is 1.49 bits per heavy atom. The van der Waals surface area contributed by atoms with Gasteiger partial charge in [0.05, 0.1) is 0 Å². The quantitative estimate of drug-likeness (QED) is 0.289. The van der Waals surface area contributed by atoms with E-state index in [1.54, 1.807) is 0 Å². The van der Waals surface area contributed by atoms with Crippen LogP contribution in [0.25, 0.3) is 22.3 Å². The number of ether oxygens (including phenoxy) is 2. The van der Waals surface area contributed by atoms with Crippen LogP contribution in [-0.2, 0) is 25.7 Å². The Kier molecular flexibility index (Phi) is 3.85. The highest BCUT2D eigenvalue weighted by Gasteiger charge is 2.40. The van der Waals surface area contributed by atoms with E-state index in [1.165, 1.54) is 68.3 Å². The molecule has 4 aliphatic rings. The second kappa shape index (κ2) is 7.17. The molecule has 0 radical (unpaired) electrons. The van der Waals surface area contributed by atoms with Crippen LogP contribution in [0.2, 0.25) is 0 Å². The largest absolute Gasteiger partial charge is 0.458 e. The van der Waals surface area contributed by atoms with Crippen LogP contribution in [-0.4, -0.2) is 6.71 Å². The minimum Gasteiger partial charge on any atom is -0.458 e. The van der Waals surface area contributed by atoms with Crippen LogP contribution in [0.5, 0.6) is 23.0 Å². The van der Waals surface area contributed by atoms with E-state index in [1.807, 2.05) is 6.07 Å². The smallest absolute Gasteiger partial charge is 0.260 e. The fourth-order valence-electron chi connectivity index (χ4n) is 6.79. The van der Waals surface area contributed by atoms with E-state index >= 15 is 0 Å². The van der Waals surface area contributed by atoms with Crippen LogP contribution in [0, 0.1) is 0 Å². The molecule has 0 spiro atoms. The molecule has 37 heavy (non-hydrogen) atoms. The fourth-order valence-corrected chi connectivity index (χ4v) is 6.79. The number of fused-ring (bicyclic) bond motifs is 6. The van der Waals surface area contributed by atoms with Crippen LogP contribution in [0.3, 0.4) is 0 Å². The van der Waals surface area contributed by atoms with Gasteiger partial charge in [0.25, 0.3) is 6.71 Å². The van der Waals surface area contributed by atoms with Crippen molar-refractivity contribution in [1.29, 1.82) is 0 Å². The van der Waals surface area contributed by atoms with Crippen LogP contribution < -0.4 is 25.9 Å². The molecule has 0 unspecified atom stereocenters. The lowest BCUT2D eigenvalue weighted by molar-refractivity contribution is 0.464. The minimum atomic E-state index is 0.0965. The lowest BCUT2D eigenvalue weighted by Crippen LogP contribution is -2.57. The molecule has 2 aliphatic heterocycles. The molecule has 2 nitrogen and oxygen atoms in total. The van der Waals surface area contributed by atoms with E-state index in [9.17, 15) is 0 Å². The number of rotatable bonds is 2. The molecule has 0 N–H and O–H groups in total. The fraction of sp³-hybridized carbons (Fsp3) is 0.118. The number of aryl methyl sites for hydroxylation is 2. The highest BCUT2D eigenvalue weighted by Crippen LogP contribution is 2.40. The maximum Gasteiger partial charge on any atom is 0.260 e. The van der Waals surface area contributed by atoms with E-state index in [0.29, 0.717) is 0 Å². The summed E-state index contributed by atoms with van der Waals surface area (Å²) < 4.78 is 13.1. The standard InChI is InChI=1S/C34H23BO2/c1-4-20-10-14-26(20)24(6-1)22-12-16-28-32(18-22)36-30-8-3-9-31-34(30)35(28)29-17-13-23(19-33(29)37-31)25-7-2-5-21-11-15-27(21)25/h1-9,12-13,16-19H,10-11,14-15H2. The third-order valence-electron chi connectivity index (χ3n) is 8.86. The van der Waals surface area contributed by atoms with Crippen molar-refractivity contribution >= 4 is 23.1 Å². The first-order valence-corrected chi connectivity index (χ1v) is 13.3. The van der Waals surface area contributed by atoms with E-state index in [0.717, 1.165) is 41.3 Å². The first-order valence-electron chi connectivity index (χ1n) is 13.3. The van der Waals surface area contributed by atoms with E-state index < -0.39 is 0 Å². The highest BCUT2D eigenvalue weighted by atomic mass is 16.5. The van der Waals surface area contributed by atoms with Crippen molar-refractivity contribution in [3.8, 4) is 45.3 Å². The van der Waals surface area contributed by atoms with Gasteiger partial charge in [-0.25, -0.2) is 0 Å². The maximum atomic E-state index is 6.54. The summed E-state index contributed by atoms with van der Waals surface area (Å²) in [5.41, 5.74) is 14.6. The predicted molar refractivity (Wildman–Crippen MR) is 150 cm³/mol. The SMILES string of the molecule is c1cc2c3c(c1)Oc1cc(-c4cccc5c4CC5)ccc1B3c1ccc(-c3cccc4c3CC4)cc1O2. The van der Waals surface area contributed by atoms with Gasteiger partial charge in [0.1, 0.15) is 23.0 Å². The van der Waals surface area contributed by atoms with Gasteiger partial charge in [-0.15, -0.1) is 0 Å². The molecular formula is C34H23BO2. The Hall–Kier alpha value is -4.24. The predicted octanol–water partition coefficient (Wildman–Crippen LogP) is 5.95. The molecule has 2 heterocycles. The van der Waals surface area contributed by atoms with Gasteiger partial charge < -0.3 is 9.47 Å². The molecule has 0 fully saturated rings. The Morgan fingerprint density at radius 1 is 0.486 bits per heavy atom. The third kappa shape index (κ3) is 2.72. The van der Waals surface area contributed by atoms with Crippen LogP contribution in [0.15, 0.2) is 91.0 Å². The summed E-state index contributed by atoms with van der Waals surface area (Å²) in [7, 11) is 0. The molecule has 0 saturated heterocycles. The second-order valence-electron chi connectivity index (χ2n) is 10.7. The van der Waals surface area contributed by atoms with Gasteiger partial charge in [0.2, 0.25) is 0 Å². The molecule has 0 aromatic heterocycles. The van der Waals surface area contributed by atoms with Crippen molar-refractivity contribution in [2.45, 2.75) is 25.7 Å². The Morgan fingerprint density at radius 2 is 1.00 bits per heavy atom. The van der Waals surface area contributed by atoms with Crippen LogP contribution in [0.4, 0.5) is 0 Å². The van der Waals surface area contributed by atoms with Crippen molar-refractivity contribution < 1.29 is 9.47 Å². The van der Waals surface area contributed by atoms with Gasteiger partial charge >= 0.3 is 0 Å². The summed E-state index contributed by atoms with van der Waals surface area (Å²) in [5.74, 6) is 3.69. The molecule has 2 aliphatic carbocycles. The summed E-state index contributed by atoms with van der Waals surface area (Å²) >= 11 is 0. The number of hydrogen-bond acceptors (Lipinski definition) is 2. The van der Waals surface area contributed by atoms with Crippen molar-refractivity contribution in [1.82, 2.24) is 0 Å². The number of hydrogen-bond donors (Lipinski definition) is 0. The van der Waals surface area contributed by atoms with E-state index in [4.69, 9.17) is 9.47 Å². The molecular weight excluding hydrogens is 451 g/mol. The van der Waals surface area contributed by atoms with Gasteiger partial charge in [0, 0.05) is 5.46 Å². The zero-order chi connectivity index (χ0) is 24.1. The summed E-state index contributed by atoms with van der Waals surface area (Å²) in [6.45, 7) is 0.0965. The Labute approximate surface area is 216 Å². The molecule has 174 valence electrons. The van der Waals surface area contributed by atoms with Crippen molar-refractivity contribution in [2.75, 3.05) is 0 Å². The molecule has 9 rings (SSSR count). The van der Waals surface area contributed by atoms with Crippen molar-refractivity contribution in [3.05, 3.63) is 113 Å². The molecule has 0 atom stereocenters. The second-order valence-corrected chi connectivity index (χ2v) is 10.7. The lowest BCUT2D eigenvalue weighted by Gasteiger charge is -2.33. The average Bonchev–Trinajstić information content (AvgIpc) is 2.89. The summed E-state index contributed by atoms with van der Waals surface area (Å²) in [6, 6.07) is 33.1. The van der Waals surface area contributed by atoms with Gasteiger partial charge in [-0.2, -0.15) is 0 Å². The normalized spacial score (nSPS) is 15.0. The zero-order valence-electron chi connectivity index (χ0n) is 20.4. The molecule has 0 bridgehead atoms. The van der Waals surface area contributed by atoms with Gasteiger partial charge in [-0.05, 0) is 105 Å². The van der Waals surface area contributed by atoms with E-state index in [-0.39, 0.29) is 6.71 Å². The molecule has 5 aromatic rings.